The van der Waals surface area contributed by atoms with Gasteiger partial charge in [-0.15, -0.1) is 0 Å². The number of aromatic nitrogens is 4. The minimum atomic E-state index is -0.355. The van der Waals surface area contributed by atoms with Crippen molar-refractivity contribution in [2.24, 2.45) is 0 Å². The van der Waals surface area contributed by atoms with E-state index in [4.69, 9.17) is 0 Å². The van der Waals surface area contributed by atoms with Gasteiger partial charge in [-0.05, 0) is 61.4 Å². The number of nitrogens with one attached hydrogen (secondary N) is 1. The smallest absolute Gasteiger partial charge is 0.308 e. The topological polar surface area (TPSA) is 81.8 Å². The monoisotopic (exact) mass is 437 g/mol. The fraction of sp³-hybridized carbons (Fsp3) is 0.182. The molecule has 31 heavy (non-hydrogen) atoms. The Bertz CT molecular complexity index is 1240. The Morgan fingerprint density at radius 1 is 1.16 bits per heavy atom. The highest BCUT2D eigenvalue weighted by Crippen LogP contribution is 2.25. The van der Waals surface area contributed by atoms with Crippen molar-refractivity contribution in [1.82, 2.24) is 24.6 Å². The number of amides is 1. The van der Waals surface area contributed by atoms with Crippen LogP contribution in [0.5, 0.6) is 0 Å². The third-order valence-electron chi connectivity index (χ3n) is 4.94. The SMILES string of the molecule is Cc1sc(=O)n(CC(=O)NC(C)c2ccc(-n3cncn3)cc2)c1-c1ccc(F)cc1. The maximum Gasteiger partial charge on any atom is 0.308 e. The Morgan fingerprint density at radius 2 is 1.87 bits per heavy atom. The number of thiazole rings is 1. The van der Waals surface area contributed by atoms with Crippen LogP contribution in [0.3, 0.4) is 0 Å². The van der Waals surface area contributed by atoms with Gasteiger partial charge in [-0.25, -0.2) is 14.1 Å². The molecule has 0 fully saturated rings. The first kappa shape index (κ1) is 20.7. The number of carbonyl (C=O) groups excluding carboxylic acids is 1. The molecule has 0 radical (unpaired) electrons. The zero-order valence-electron chi connectivity index (χ0n) is 16.9. The molecule has 0 bridgehead atoms. The molecule has 2 aromatic carbocycles. The van der Waals surface area contributed by atoms with E-state index >= 15 is 0 Å². The first-order valence-corrected chi connectivity index (χ1v) is 10.4. The van der Waals surface area contributed by atoms with Gasteiger partial charge in [0.15, 0.2) is 0 Å². The van der Waals surface area contributed by atoms with E-state index in [2.05, 4.69) is 15.4 Å². The lowest BCUT2D eigenvalue weighted by Crippen LogP contribution is -2.32. The second-order valence-electron chi connectivity index (χ2n) is 7.09. The van der Waals surface area contributed by atoms with Gasteiger partial charge < -0.3 is 5.32 Å². The highest BCUT2D eigenvalue weighted by atomic mass is 32.1. The molecule has 0 saturated heterocycles. The van der Waals surface area contributed by atoms with Crippen LogP contribution in [-0.4, -0.2) is 25.2 Å². The van der Waals surface area contributed by atoms with Crippen LogP contribution < -0.4 is 10.2 Å². The van der Waals surface area contributed by atoms with Gasteiger partial charge in [0.05, 0.1) is 17.4 Å². The molecule has 0 saturated carbocycles. The molecule has 0 aliphatic rings. The van der Waals surface area contributed by atoms with E-state index < -0.39 is 0 Å². The minimum Gasteiger partial charge on any atom is -0.348 e. The van der Waals surface area contributed by atoms with E-state index in [0.717, 1.165) is 27.5 Å². The Labute approximate surface area is 181 Å². The Balaban J connectivity index is 1.49. The summed E-state index contributed by atoms with van der Waals surface area (Å²) in [5.41, 5.74) is 3.12. The molecule has 1 amide bonds. The summed E-state index contributed by atoms with van der Waals surface area (Å²) in [7, 11) is 0. The summed E-state index contributed by atoms with van der Waals surface area (Å²) in [4.78, 5) is 29.6. The molecular weight excluding hydrogens is 417 g/mol. The van der Waals surface area contributed by atoms with Crippen molar-refractivity contribution in [3.8, 4) is 16.9 Å². The normalized spacial score (nSPS) is 12.0. The molecule has 9 heteroatoms. The van der Waals surface area contributed by atoms with Crippen LogP contribution in [0.1, 0.15) is 23.4 Å². The van der Waals surface area contributed by atoms with Crippen molar-refractivity contribution < 1.29 is 9.18 Å². The summed E-state index contributed by atoms with van der Waals surface area (Å²) in [5.74, 6) is -0.636. The van der Waals surface area contributed by atoms with Crippen LogP contribution in [0.15, 0.2) is 66.0 Å². The van der Waals surface area contributed by atoms with Crippen molar-refractivity contribution in [1.29, 1.82) is 0 Å². The van der Waals surface area contributed by atoms with Crippen LogP contribution in [0.2, 0.25) is 0 Å². The molecule has 2 aromatic heterocycles. The summed E-state index contributed by atoms with van der Waals surface area (Å²) in [6.45, 7) is 3.58. The molecule has 7 nitrogen and oxygen atoms in total. The van der Waals surface area contributed by atoms with Crippen LogP contribution in [0.25, 0.3) is 16.9 Å². The zero-order chi connectivity index (χ0) is 22.0. The van der Waals surface area contributed by atoms with E-state index in [1.165, 1.54) is 23.0 Å². The van der Waals surface area contributed by atoms with E-state index in [1.54, 1.807) is 23.1 Å². The Kier molecular flexibility index (Phi) is 5.77. The van der Waals surface area contributed by atoms with Crippen molar-refractivity contribution in [3.63, 3.8) is 0 Å². The quantitative estimate of drug-likeness (QED) is 0.501. The standard InChI is InChI=1S/C22H20FN5O2S/c1-14(16-5-9-19(10-6-16)28-13-24-12-25-28)26-20(29)11-27-21(15(2)31-22(27)30)17-3-7-18(23)8-4-17/h3-10,12-14H,11H2,1-2H3,(H,26,29). The number of aryl methyl sites for hydroxylation is 1. The Hall–Kier alpha value is -3.59. The van der Waals surface area contributed by atoms with E-state index in [-0.39, 0.29) is 29.2 Å². The van der Waals surface area contributed by atoms with Gasteiger partial charge in [-0.3, -0.25) is 14.2 Å². The molecule has 4 rings (SSSR count). The lowest BCUT2D eigenvalue weighted by Gasteiger charge is -2.16. The summed E-state index contributed by atoms with van der Waals surface area (Å²) in [6, 6.07) is 13.3. The van der Waals surface area contributed by atoms with E-state index in [0.29, 0.717) is 11.3 Å². The van der Waals surface area contributed by atoms with Crippen molar-refractivity contribution >= 4 is 17.2 Å². The van der Waals surface area contributed by atoms with Gasteiger partial charge in [-0.2, -0.15) is 5.10 Å². The zero-order valence-corrected chi connectivity index (χ0v) is 17.8. The van der Waals surface area contributed by atoms with Gasteiger partial charge in [0.25, 0.3) is 0 Å². The lowest BCUT2D eigenvalue weighted by atomic mass is 10.1. The predicted molar refractivity (Wildman–Crippen MR) is 117 cm³/mol. The number of benzene rings is 2. The molecule has 0 aliphatic carbocycles. The van der Waals surface area contributed by atoms with Gasteiger partial charge in [0, 0.05) is 4.88 Å². The number of halogens is 1. The number of nitrogens with zero attached hydrogens (tertiary/aromatic N) is 4. The van der Waals surface area contributed by atoms with Crippen LogP contribution >= 0.6 is 11.3 Å². The molecule has 1 N–H and O–H groups in total. The van der Waals surface area contributed by atoms with Crippen molar-refractivity contribution in [3.05, 3.63) is 87.1 Å². The van der Waals surface area contributed by atoms with E-state index in [9.17, 15) is 14.0 Å². The average molecular weight is 438 g/mol. The third-order valence-corrected chi connectivity index (χ3v) is 5.83. The minimum absolute atomic E-state index is 0.114. The molecule has 0 spiro atoms. The molecule has 0 aliphatic heterocycles. The van der Waals surface area contributed by atoms with Gasteiger partial charge in [0.2, 0.25) is 5.91 Å². The van der Waals surface area contributed by atoms with Crippen molar-refractivity contribution in [2.45, 2.75) is 26.4 Å². The first-order valence-electron chi connectivity index (χ1n) is 9.63. The van der Waals surface area contributed by atoms with Crippen LogP contribution in [-0.2, 0) is 11.3 Å². The predicted octanol–water partition coefficient (Wildman–Crippen LogP) is 3.48. The molecule has 1 unspecified atom stereocenters. The number of rotatable bonds is 6. The number of hydrogen-bond donors (Lipinski definition) is 1. The maximum absolute atomic E-state index is 13.3. The molecule has 2 heterocycles. The highest BCUT2D eigenvalue weighted by molar-refractivity contribution is 7.09. The largest absolute Gasteiger partial charge is 0.348 e. The fourth-order valence-corrected chi connectivity index (χ4v) is 4.25. The summed E-state index contributed by atoms with van der Waals surface area (Å²) in [5, 5.41) is 7.02. The lowest BCUT2D eigenvalue weighted by molar-refractivity contribution is -0.122. The van der Waals surface area contributed by atoms with Crippen molar-refractivity contribution in [2.75, 3.05) is 0 Å². The fourth-order valence-electron chi connectivity index (χ4n) is 3.40. The second kappa shape index (κ2) is 8.65. The summed E-state index contributed by atoms with van der Waals surface area (Å²) < 4.78 is 16.4. The third kappa shape index (κ3) is 4.46. The molecule has 158 valence electrons. The Morgan fingerprint density at radius 3 is 2.52 bits per heavy atom. The second-order valence-corrected chi connectivity index (χ2v) is 8.25. The van der Waals surface area contributed by atoms with Gasteiger partial charge in [0.1, 0.15) is 25.0 Å². The first-order chi connectivity index (χ1) is 14.9. The molecule has 1 atom stereocenters. The van der Waals surface area contributed by atoms with E-state index in [1.807, 2.05) is 38.1 Å². The molecular formula is C22H20FN5O2S. The van der Waals surface area contributed by atoms with Gasteiger partial charge >= 0.3 is 4.87 Å². The molecule has 4 aromatic rings. The summed E-state index contributed by atoms with van der Waals surface area (Å²) >= 11 is 1.07. The number of hydrogen-bond acceptors (Lipinski definition) is 5. The van der Waals surface area contributed by atoms with Crippen LogP contribution in [0.4, 0.5) is 4.39 Å². The number of carbonyl (C=O) groups is 1. The average Bonchev–Trinajstić information content (AvgIpc) is 3.38. The maximum atomic E-state index is 13.3. The summed E-state index contributed by atoms with van der Waals surface area (Å²) in [6.07, 6.45) is 3.07. The van der Waals surface area contributed by atoms with Gasteiger partial charge in [-0.1, -0.05) is 23.5 Å². The van der Waals surface area contributed by atoms with Crippen LogP contribution in [0, 0.1) is 12.7 Å². The highest BCUT2D eigenvalue weighted by Gasteiger charge is 2.18.